The zero-order valence-electron chi connectivity index (χ0n) is 17.3. The predicted molar refractivity (Wildman–Crippen MR) is 114 cm³/mol. The quantitative estimate of drug-likeness (QED) is 0.378. The number of aryl methyl sites for hydroxylation is 1. The van der Waals surface area contributed by atoms with Gasteiger partial charge in [0.1, 0.15) is 31.6 Å². The molecule has 0 fully saturated rings. The van der Waals surface area contributed by atoms with Crippen molar-refractivity contribution in [3.8, 4) is 11.5 Å². The Morgan fingerprint density at radius 3 is 2.30 bits per heavy atom. The highest BCUT2D eigenvalue weighted by Crippen LogP contribution is 2.35. The Bertz CT molecular complexity index is 1010. The van der Waals surface area contributed by atoms with Crippen LogP contribution in [-0.2, 0) is 9.47 Å². The molecule has 8 heteroatoms. The summed E-state index contributed by atoms with van der Waals surface area (Å²) in [4.78, 5) is 20.0. The van der Waals surface area contributed by atoms with E-state index in [-0.39, 0.29) is 0 Å². The molecule has 1 heterocycles. The standard InChI is InChI=1S/C22H25N3O5/c1-15-4-5-17(10-16(15)13-26)25-22-18-11-20(29-8-6-27-2)21(30-9-7-28-3)12-19(18)23-14-24-22/h4-5,10-14H,6-9H2,1-3H3,(H,23,24,25). The van der Waals surface area contributed by atoms with Gasteiger partial charge < -0.3 is 24.3 Å². The second-order valence-corrected chi connectivity index (χ2v) is 6.54. The Balaban J connectivity index is 1.96. The van der Waals surface area contributed by atoms with Crippen LogP contribution in [0.15, 0.2) is 36.7 Å². The van der Waals surface area contributed by atoms with Crippen LogP contribution >= 0.6 is 0 Å². The number of anilines is 2. The highest BCUT2D eigenvalue weighted by Gasteiger charge is 2.13. The van der Waals surface area contributed by atoms with Gasteiger partial charge >= 0.3 is 0 Å². The lowest BCUT2D eigenvalue weighted by Gasteiger charge is -2.15. The van der Waals surface area contributed by atoms with E-state index in [1.807, 2.05) is 31.2 Å². The summed E-state index contributed by atoms with van der Waals surface area (Å²) in [6.45, 7) is 3.56. The third-order valence-corrected chi connectivity index (χ3v) is 4.46. The van der Waals surface area contributed by atoms with Crippen molar-refractivity contribution in [2.24, 2.45) is 0 Å². The Labute approximate surface area is 175 Å². The molecule has 0 atom stereocenters. The van der Waals surface area contributed by atoms with E-state index < -0.39 is 0 Å². The van der Waals surface area contributed by atoms with Crippen molar-refractivity contribution in [3.63, 3.8) is 0 Å². The number of rotatable bonds is 11. The number of carbonyl (C=O) groups is 1. The number of hydrogen-bond acceptors (Lipinski definition) is 8. The predicted octanol–water partition coefficient (Wildman–Crippen LogP) is 3.54. The van der Waals surface area contributed by atoms with Crippen molar-refractivity contribution in [2.45, 2.75) is 6.92 Å². The van der Waals surface area contributed by atoms with Gasteiger partial charge in [0.05, 0.1) is 18.7 Å². The van der Waals surface area contributed by atoms with Crippen LogP contribution in [0, 0.1) is 6.92 Å². The molecule has 3 rings (SSSR count). The van der Waals surface area contributed by atoms with Crippen LogP contribution in [-0.4, -0.2) is 56.9 Å². The van der Waals surface area contributed by atoms with E-state index in [1.165, 1.54) is 6.33 Å². The molecule has 1 aromatic heterocycles. The van der Waals surface area contributed by atoms with E-state index in [0.717, 1.165) is 22.9 Å². The number of methoxy groups -OCH3 is 2. The highest BCUT2D eigenvalue weighted by molar-refractivity contribution is 5.93. The van der Waals surface area contributed by atoms with Gasteiger partial charge in [-0.05, 0) is 30.7 Å². The molecule has 0 amide bonds. The summed E-state index contributed by atoms with van der Waals surface area (Å²) < 4.78 is 21.8. The lowest BCUT2D eigenvalue weighted by Crippen LogP contribution is -2.09. The normalized spacial score (nSPS) is 10.8. The van der Waals surface area contributed by atoms with Gasteiger partial charge in [-0.2, -0.15) is 0 Å². The Kier molecular flexibility index (Phi) is 7.53. The molecule has 0 aliphatic heterocycles. The first-order valence-electron chi connectivity index (χ1n) is 9.51. The third-order valence-electron chi connectivity index (χ3n) is 4.46. The van der Waals surface area contributed by atoms with E-state index >= 15 is 0 Å². The lowest BCUT2D eigenvalue weighted by molar-refractivity contribution is 0.112. The first kappa shape index (κ1) is 21.5. The molecule has 3 aromatic rings. The summed E-state index contributed by atoms with van der Waals surface area (Å²) in [6, 6.07) is 9.22. The molecule has 0 saturated carbocycles. The number of ether oxygens (including phenoxy) is 4. The Morgan fingerprint density at radius 1 is 0.933 bits per heavy atom. The van der Waals surface area contributed by atoms with Gasteiger partial charge in [-0.25, -0.2) is 9.97 Å². The maximum absolute atomic E-state index is 11.3. The van der Waals surface area contributed by atoms with E-state index in [0.29, 0.717) is 54.8 Å². The number of nitrogens with zero attached hydrogens (tertiary/aromatic N) is 2. The van der Waals surface area contributed by atoms with Gasteiger partial charge in [0.2, 0.25) is 0 Å². The molecule has 0 spiro atoms. The van der Waals surface area contributed by atoms with Gasteiger partial charge in [-0.15, -0.1) is 0 Å². The first-order valence-corrected chi connectivity index (χ1v) is 9.51. The molecule has 0 aliphatic rings. The fourth-order valence-corrected chi connectivity index (χ4v) is 2.84. The van der Waals surface area contributed by atoms with Crippen molar-refractivity contribution < 1.29 is 23.7 Å². The summed E-state index contributed by atoms with van der Waals surface area (Å²) in [5, 5.41) is 4.03. The van der Waals surface area contributed by atoms with Gasteiger partial charge in [0.15, 0.2) is 11.5 Å². The van der Waals surface area contributed by atoms with Crippen LogP contribution in [0.25, 0.3) is 10.9 Å². The van der Waals surface area contributed by atoms with Gasteiger partial charge in [-0.3, -0.25) is 4.79 Å². The monoisotopic (exact) mass is 411 g/mol. The van der Waals surface area contributed by atoms with Gasteiger partial charge in [-0.1, -0.05) is 6.07 Å². The van der Waals surface area contributed by atoms with E-state index in [9.17, 15) is 4.79 Å². The molecule has 0 bridgehead atoms. The number of fused-ring (bicyclic) bond motifs is 1. The second kappa shape index (κ2) is 10.5. The van der Waals surface area contributed by atoms with Gasteiger partial charge in [0.25, 0.3) is 0 Å². The van der Waals surface area contributed by atoms with Crippen LogP contribution in [0.3, 0.4) is 0 Å². The molecule has 158 valence electrons. The maximum Gasteiger partial charge on any atom is 0.163 e. The topological polar surface area (TPSA) is 91.8 Å². The van der Waals surface area contributed by atoms with E-state index in [4.69, 9.17) is 18.9 Å². The smallest absolute Gasteiger partial charge is 0.163 e. The van der Waals surface area contributed by atoms with Crippen LogP contribution in [0.1, 0.15) is 15.9 Å². The Morgan fingerprint density at radius 2 is 1.63 bits per heavy atom. The zero-order chi connectivity index (χ0) is 21.3. The van der Waals surface area contributed by atoms with Crippen LogP contribution in [0.4, 0.5) is 11.5 Å². The molecular weight excluding hydrogens is 386 g/mol. The minimum atomic E-state index is 0.375. The Hall–Kier alpha value is -3.23. The van der Waals surface area contributed by atoms with Crippen molar-refractivity contribution >= 4 is 28.7 Å². The number of aromatic nitrogens is 2. The first-order chi connectivity index (χ1) is 14.7. The average Bonchev–Trinajstić information content (AvgIpc) is 2.76. The number of carbonyl (C=O) groups excluding carboxylic acids is 1. The molecular formula is C22H25N3O5. The minimum Gasteiger partial charge on any atom is -0.487 e. The molecule has 0 saturated heterocycles. The summed E-state index contributed by atoms with van der Waals surface area (Å²) in [6.07, 6.45) is 2.31. The van der Waals surface area contributed by atoms with Crippen LogP contribution in [0.5, 0.6) is 11.5 Å². The summed E-state index contributed by atoms with van der Waals surface area (Å²) in [7, 11) is 3.23. The molecule has 8 nitrogen and oxygen atoms in total. The highest BCUT2D eigenvalue weighted by atomic mass is 16.5. The second-order valence-electron chi connectivity index (χ2n) is 6.54. The maximum atomic E-state index is 11.3. The fourth-order valence-electron chi connectivity index (χ4n) is 2.84. The molecule has 0 aliphatic carbocycles. The third kappa shape index (κ3) is 5.22. The van der Waals surface area contributed by atoms with E-state index in [1.54, 1.807) is 20.3 Å². The largest absolute Gasteiger partial charge is 0.487 e. The number of nitrogens with one attached hydrogen (secondary N) is 1. The van der Waals surface area contributed by atoms with Crippen LogP contribution < -0.4 is 14.8 Å². The minimum absolute atomic E-state index is 0.375. The van der Waals surface area contributed by atoms with Crippen molar-refractivity contribution in [1.29, 1.82) is 0 Å². The SMILES string of the molecule is COCCOc1cc2ncnc(Nc3ccc(C)c(C=O)c3)c2cc1OCCOC. The summed E-state index contributed by atoms with van der Waals surface area (Å²) in [5.41, 5.74) is 2.98. The fraction of sp³-hybridized carbons (Fsp3) is 0.318. The molecule has 30 heavy (non-hydrogen) atoms. The molecule has 2 aromatic carbocycles. The molecule has 0 radical (unpaired) electrons. The number of hydrogen-bond donors (Lipinski definition) is 1. The lowest BCUT2D eigenvalue weighted by atomic mass is 10.1. The summed E-state index contributed by atoms with van der Waals surface area (Å²) in [5.74, 6) is 1.73. The average molecular weight is 411 g/mol. The van der Waals surface area contributed by atoms with Crippen molar-refractivity contribution in [3.05, 3.63) is 47.8 Å². The van der Waals surface area contributed by atoms with Gasteiger partial charge in [0, 0.05) is 36.9 Å². The number of benzene rings is 2. The van der Waals surface area contributed by atoms with Crippen LogP contribution in [0.2, 0.25) is 0 Å². The summed E-state index contributed by atoms with van der Waals surface area (Å²) >= 11 is 0. The van der Waals surface area contributed by atoms with Crippen molar-refractivity contribution in [2.75, 3.05) is 46.0 Å². The van der Waals surface area contributed by atoms with E-state index in [2.05, 4.69) is 15.3 Å². The molecule has 0 unspecified atom stereocenters. The zero-order valence-corrected chi connectivity index (χ0v) is 17.3. The van der Waals surface area contributed by atoms with Crippen molar-refractivity contribution in [1.82, 2.24) is 9.97 Å². The molecule has 1 N–H and O–H groups in total. The number of aldehydes is 1.